The molecular weight excluding hydrogens is 296 g/mol. The minimum Gasteiger partial charge on any atom is -0.481 e. The highest BCUT2D eigenvalue weighted by Crippen LogP contribution is 2.24. The standard InChI is InChI=1S/C17H24N2O4/c1-16(2,3)14(21)18-10-13(20)19-12-8-6-11(7-9-12)17(4,5)15(22)23/h6-9H,10H2,1-5H3,(H,18,21)(H,19,20)(H,22,23). The maximum absolute atomic E-state index is 11.8. The average molecular weight is 320 g/mol. The molecule has 1 aromatic rings. The highest BCUT2D eigenvalue weighted by atomic mass is 16.4. The second kappa shape index (κ2) is 6.81. The number of amides is 2. The van der Waals surface area contributed by atoms with Gasteiger partial charge in [-0.05, 0) is 31.5 Å². The van der Waals surface area contributed by atoms with Crippen molar-refractivity contribution in [2.24, 2.45) is 5.41 Å². The van der Waals surface area contributed by atoms with E-state index in [0.717, 1.165) is 0 Å². The molecule has 0 bridgehead atoms. The lowest BCUT2D eigenvalue weighted by molar-refractivity contribution is -0.142. The van der Waals surface area contributed by atoms with Crippen molar-refractivity contribution in [1.29, 1.82) is 0 Å². The predicted molar refractivity (Wildman–Crippen MR) is 88.2 cm³/mol. The van der Waals surface area contributed by atoms with E-state index in [1.165, 1.54) is 0 Å². The lowest BCUT2D eigenvalue weighted by atomic mass is 9.85. The molecule has 3 N–H and O–H groups in total. The Morgan fingerprint density at radius 1 is 1.00 bits per heavy atom. The van der Waals surface area contributed by atoms with Crippen LogP contribution in [-0.4, -0.2) is 29.4 Å². The molecular formula is C17H24N2O4. The number of carbonyl (C=O) groups is 3. The largest absolute Gasteiger partial charge is 0.481 e. The molecule has 0 spiro atoms. The molecule has 2 amide bonds. The molecule has 126 valence electrons. The van der Waals surface area contributed by atoms with Gasteiger partial charge in [-0.1, -0.05) is 32.9 Å². The zero-order valence-electron chi connectivity index (χ0n) is 14.2. The van der Waals surface area contributed by atoms with E-state index in [1.54, 1.807) is 58.9 Å². The number of carboxylic acid groups (broad SMARTS) is 1. The first kappa shape index (κ1) is 18.7. The Hall–Kier alpha value is -2.37. The van der Waals surface area contributed by atoms with Gasteiger partial charge in [0.15, 0.2) is 0 Å². The third-order valence-corrected chi connectivity index (χ3v) is 3.52. The topological polar surface area (TPSA) is 95.5 Å². The first-order chi connectivity index (χ1) is 10.4. The Morgan fingerprint density at radius 3 is 1.96 bits per heavy atom. The number of anilines is 1. The SMILES string of the molecule is CC(C)(C)C(=O)NCC(=O)Nc1ccc(C(C)(C)C(=O)O)cc1. The Balaban J connectivity index is 2.64. The summed E-state index contributed by atoms with van der Waals surface area (Å²) in [5, 5.41) is 14.4. The van der Waals surface area contributed by atoms with Gasteiger partial charge < -0.3 is 15.7 Å². The predicted octanol–water partition coefficient (Wildman–Crippen LogP) is 2.15. The van der Waals surface area contributed by atoms with Gasteiger partial charge in [-0.25, -0.2) is 0 Å². The van der Waals surface area contributed by atoms with Crippen LogP contribution in [0.15, 0.2) is 24.3 Å². The summed E-state index contributed by atoms with van der Waals surface area (Å²) in [5.41, 5.74) is -0.359. The molecule has 1 rings (SSSR count). The van der Waals surface area contributed by atoms with Crippen LogP contribution >= 0.6 is 0 Å². The van der Waals surface area contributed by atoms with Gasteiger partial charge in [-0.2, -0.15) is 0 Å². The van der Waals surface area contributed by atoms with Crippen LogP contribution in [0.4, 0.5) is 5.69 Å². The highest BCUT2D eigenvalue weighted by molar-refractivity contribution is 5.95. The van der Waals surface area contributed by atoms with Gasteiger partial charge in [-0.3, -0.25) is 14.4 Å². The Morgan fingerprint density at radius 2 is 1.52 bits per heavy atom. The van der Waals surface area contributed by atoms with E-state index < -0.39 is 16.8 Å². The summed E-state index contributed by atoms with van der Waals surface area (Å²) >= 11 is 0. The van der Waals surface area contributed by atoms with Gasteiger partial charge in [0.2, 0.25) is 11.8 Å². The van der Waals surface area contributed by atoms with Crippen LogP contribution in [0.2, 0.25) is 0 Å². The van der Waals surface area contributed by atoms with Crippen LogP contribution in [0.3, 0.4) is 0 Å². The van der Waals surface area contributed by atoms with Crippen LogP contribution < -0.4 is 10.6 Å². The number of hydrogen-bond acceptors (Lipinski definition) is 3. The molecule has 6 heteroatoms. The number of rotatable bonds is 5. The molecule has 0 radical (unpaired) electrons. The molecule has 6 nitrogen and oxygen atoms in total. The normalized spacial score (nSPS) is 11.7. The van der Waals surface area contributed by atoms with Crippen LogP contribution in [-0.2, 0) is 19.8 Å². The number of carbonyl (C=O) groups excluding carboxylic acids is 2. The monoisotopic (exact) mass is 320 g/mol. The van der Waals surface area contributed by atoms with Crippen molar-refractivity contribution < 1.29 is 19.5 Å². The van der Waals surface area contributed by atoms with Gasteiger partial charge in [-0.15, -0.1) is 0 Å². The maximum Gasteiger partial charge on any atom is 0.313 e. The quantitative estimate of drug-likeness (QED) is 0.774. The fourth-order valence-electron chi connectivity index (χ4n) is 1.72. The van der Waals surface area contributed by atoms with Crippen LogP contribution in [0.25, 0.3) is 0 Å². The number of hydrogen-bond donors (Lipinski definition) is 3. The fourth-order valence-corrected chi connectivity index (χ4v) is 1.72. The van der Waals surface area contributed by atoms with Crippen LogP contribution in [0, 0.1) is 5.41 Å². The number of benzene rings is 1. The smallest absolute Gasteiger partial charge is 0.313 e. The summed E-state index contributed by atoms with van der Waals surface area (Å²) in [6, 6.07) is 6.61. The van der Waals surface area contributed by atoms with Crippen molar-refractivity contribution in [1.82, 2.24) is 5.32 Å². The summed E-state index contributed by atoms with van der Waals surface area (Å²) in [7, 11) is 0. The molecule has 0 atom stereocenters. The van der Waals surface area contributed by atoms with E-state index in [-0.39, 0.29) is 18.4 Å². The second-order valence-electron chi connectivity index (χ2n) is 6.99. The minimum atomic E-state index is -0.997. The molecule has 0 aliphatic heterocycles. The average Bonchev–Trinajstić information content (AvgIpc) is 2.44. The third-order valence-electron chi connectivity index (χ3n) is 3.52. The first-order valence-corrected chi connectivity index (χ1v) is 7.36. The van der Waals surface area contributed by atoms with Crippen molar-refractivity contribution in [2.75, 3.05) is 11.9 Å². The first-order valence-electron chi connectivity index (χ1n) is 7.36. The molecule has 0 heterocycles. The van der Waals surface area contributed by atoms with Crippen molar-refractivity contribution in [2.45, 2.75) is 40.0 Å². The van der Waals surface area contributed by atoms with Crippen molar-refractivity contribution in [3.63, 3.8) is 0 Å². The molecule has 0 saturated heterocycles. The molecule has 0 aliphatic carbocycles. The van der Waals surface area contributed by atoms with E-state index in [4.69, 9.17) is 0 Å². The fraction of sp³-hybridized carbons (Fsp3) is 0.471. The summed E-state index contributed by atoms with van der Waals surface area (Å²) < 4.78 is 0. The van der Waals surface area contributed by atoms with E-state index in [0.29, 0.717) is 11.3 Å². The van der Waals surface area contributed by atoms with Crippen molar-refractivity contribution in [3.05, 3.63) is 29.8 Å². The van der Waals surface area contributed by atoms with E-state index in [1.807, 2.05) is 0 Å². The molecule has 0 unspecified atom stereocenters. The van der Waals surface area contributed by atoms with E-state index in [9.17, 15) is 19.5 Å². The molecule has 0 fully saturated rings. The Labute approximate surface area is 136 Å². The van der Waals surface area contributed by atoms with Gasteiger partial charge in [0.25, 0.3) is 0 Å². The Kier molecular flexibility index (Phi) is 5.53. The number of aliphatic carboxylic acids is 1. The summed E-state index contributed by atoms with van der Waals surface area (Å²) in [6.07, 6.45) is 0. The summed E-state index contributed by atoms with van der Waals surface area (Å²) in [4.78, 5) is 34.7. The highest BCUT2D eigenvalue weighted by Gasteiger charge is 2.29. The molecule has 0 saturated carbocycles. The van der Waals surface area contributed by atoms with Gasteiger partial charge in [0.05, 0.1) is 12.0 Å². The second-order valence-corrected chi connectivity index (χ2v) is 6.99. The molecule has 23 heavy (non-hydrogen) atoms. The number of nitrogens with one attached hydrogen (secondary N) is 2. The molecule has 0 aromatic heterocycles. The van der Waals surface area contributed by atoms with Gasteiger partial charge >= 0.3 is 5.97 Å². The lowest BCUT2D eigenvalue weighted by Gasteiger charge is -2.20. The van der Waals surface area contributed by atoms with Crippen molar-refractivity contribution in [3.8, 4) is 0 Å². The third kappa shape index (κ3) is 5.09. The van der Waals surface area contributed by atoms with Crippen LogP contribution in [0.1, 0.15) is 40.2 Å². The van der Waals surface area contributed by atoms with E-state index in [2.05, 4.69) is 10.6 Å². The maximum atomic E-state index is 11.8. The molecule has 1 aromatic carbocycles. The zero-order chi connectivity index (χ0) is 17.8. The van der Waals surface area contributed by atoms with Crippen LogP contribution in [0.5, 0.6) is 0 Å². The van der Waals surface area contributed by atoms with E-state index >= 15 is 0 Å². The van der Waals surface area contributed by atoms with Gasteiger partial charge in [0.1, 0.15) is 0 Å². The zero-order valence-corrected chi connectivity index (χ0v) is 14.2. The van der Waals surface area contributed by atoms with Gasteiger partial charge in [0, 0.05) is 11.1 Å². The summed E-state index contributed by atoms with van der Waals surface area (Å²) in [5.74, 6) is -1.46. The number of carboxylic acids is 1. The lowest BCUT2D eigenvalue weighted by Crippen LogP contribution is -2.39. The minimum absolute atomic E-state index is 0.113. The molecule has 0 aliphatic rings. The van der Waals surface area contributed by atoms with Crippen molar-refractivity contribution >= 4 is 23.5 Å². The Bertz CT molecular complexity index is 598. The summed E-state index contributed by atoms with van der Waals surface area (Å²) in [6.45, 7) is 8.42.